The Bertz CT molecular complexity index is 156. The summed E-state index contributed by atoms with van der Waals surface area (Å²) in [5.74, 6) is -0.658. The van der Waals surface area contributed by atoms with E-state index in [2.05, 4.69) is 24.1 Å². The van der Waals surface area contributed by atoms with E-state index in [0.717, 1.165) is 12.8 Å². The summed E-state index contributed by atoms with van der Waals surface area (Å²) in [7, 11) is 4.50. The second-order valence-electron chi connectivity index (χ2n) is 4.33. The first-order chi connectivity index (χ1) is 10.3. The molecule has 0 amide bonds. The van der Waals surface area contributed by atoms with Crippen molar-refractivity contribution in [1.82, 2.24) is 0 Å². The highest BCUT2D eigenvalue weighted by atomic mass is 16.4. The SMILES string of the molecule is CCCCCCCCCCCCC(=O)O.CN.CN.CN. The fourth-order valence-electron chi connectivity index (χ4n) is 1.76. The molecule has 0 aromatic heterocycles. The third-order valence-electron chi connectivity index (χ3n) is 2.74. The van der Waals surface area contributed by atoms with Crippen molar-refractivity contribution >= 4 is 5.97 Å². The number of hydrogen-bond donors (Lipinski definition) is 4. The summed E-state index contributed by atoms with van der Waals surface area (Å²) in [5, 5.41) is 8.44. The molecule has 0 spiro atoms. The Hall–Kier alpha value is -0.650. The summed E-state index contributed by atoms with van der Waals surface area (Å²) in [5.41, 5.74) is 13.5. The number of carbonyl (C=O) groups is 1. The van der Waals surface area contributed by atoms with E-state index in [-0.39, 0.29) is 0 Å². The second kappa shape index (κ2) is 36.6. The highest BCUT2D eigenvalue weighted by Gasteiger charge is 1.96. The molecule has 0 radical (unpaired) electrons. The minimum Gasteiger partial charge on any atom is -0.481 e. The van der Waals surface area contributed by atoms with Gasteiger partial charge in [0.1, 0.15) is 0 Å². The Morgan fingerprint density at radius 3 is 1.24 bits per heavy atom. The van der Waals surface area contributed by atoms with Gasteiger partial charge in [-0.25, -0.2) is 0 Å². The maximum Gasteiger partial charge on any atom is 0.303 e. The van der Waals surface area contributed by atoms with Gasteiger partial charge in [-0.2, -0.15) is 0 Å². The Kier molecular flexibility index (Phi) is 49.6. The average Bonchev–Trinajstić information content (AvgIpc) is 2.55. The molecule has 0 unspecified atom stereocenters. The Labute approximate surface area is 132 Å². The molecule has 0 aliphatic carbocycles. The van der Waals surface area contributed by atoms with Gasteiger partial charge in [0.15, 0.2) is 0 Å². The topological polar surface area (TPSA) is 115 Å². The van der Waals surface area contributed by atoms with Gasteiger partial charge in [0.05, 0.1) is 0 Å². The van der Waals surface area contributed by atoms with Crippen LogP contribution in [0.1, 0.15) is 77.6 Å². The van der Waals surface area contributed by atoms with Crippen LogP contribution in [-0.2, 0) is 4.79 Å². The molecule has 0 aromatic carbocycles. The monoisotopic (exact) mass is 307 g/mol. The van der Waals surface area contributed by atoms with Crippen LogP contribution < -0.4 is 17.2 Å². The fourth-order valence-corrected chi connectivity index (χ4v) is 1.76. The predicted molar refractivity (Wildman–Crippen MR) is 94.4 cm³/mol. The maximum atomic E-state index is 10.2. The summed E-state index contributed by atoms with van der Waals surface area (Å²) >= 11 is 0. The molecule has 5 nitrogen and oxygen atoms in total. The number of hydrogen-bond acceptors (Lipinski definition) is 4. The van der Waals surface area contributed by atoms with Crippen LogP contribution in [0.3, 0.4) is 0 Å². The smallest absolute Gasteiger partial charge is 0.303 e. The van der Waals surface area contributed by atoms with Crippen molar-refractivity contribution in [3.05, 3.63) is 0 Å². The molecule has 132 valence electrons. The van der Waals surface area contributed by atoms with Crippen LogP contribution in [-0.4, -0.2) is 32.2 Å². The first-order valence-electron chi connectivity index (χ1n) is 8.22. The molecule has 7 N–H and O–H groups in total. The van der Waals surface area contributed by atoms with Crippen LogP contribution in [0.4, 0.5) is 0 Å². The summed E-state index contributed by atoms with van der Waals surface area (Å²) < 4.78 is 0. The van der Waals surface area contributed by atoms with E-state index in [0.29, 0.717) is 6.42 Å². The lowest BCUT2D eigenvalue weighted by Crippen LogP contribution is -1.93. The molecule has 0 saturated heterocycles. The molecular formula is C16H41N3O2. The number of unbranched alkanes of at least 4 members (excludes halogenated alkanes) is 9. The highest BCUT2D eigenvalue weighted by Crippen LogP contribution is 2.10. The normalized spacial score (nSPS) is 8.33. The van der Waals surface area contributed by atoms with Crippen molar-refractivity contribution in [3.63, 3.8) is 0 Å². The first kappa shape index (κ1) is 28.5. The van der Waals surface area contributed by atoms with Gasteiger partial charge >= 0.3 is 5.97 Å². The van der Waals surface area contributed by atoms with Crippen molar-refractivity contribution in [2.75, 3.05) is 21.1 Å². The largest absolute Gasteiger partial charge is 0.481 e. The molecule has 0 fully saturated rings. The van der Waals surface area contributed by atoms with Gasteiger partial charge in [-0.3, -0.25) is 4.79 Å². The number of carboxylic acid groups (broad SMARTS) is 1. The molecule has 0 rings (SSSR count). The second-order valence-corrected chi connectivity index (χ2v) is 4.33. The Morgan fingerprint density at radius 2 is 0.952 bits per heavy atom. The predicted octanol–water partition coefficient (Wildman–Crippen LogP) is 3.11. The van der Waals surface area contributed by atoms with Gasteiger partial charge in [-0.15, -0.1) is 0 Å². The molecule has 21 heavy (non-hydrogen) atoms. The Morgan fingerprint density at radius 1 is 0.667 bits per heavy atom. The van der Waals surface area contributed by atoms with E-state index < -0.39 is 5.97 Å². The molecule has 0 heterocycles. The van der Waals surface area contributed by atoms with Crippen LogP contribution in [0.15, 0.2) is 0 Å². The van der Waals surface area contributed by atoms with Crippen molar-refractivity contribution < 1.29 is 9.90 Å². The molecular weight excluding hydrogens is 266 g/mol. The van der Waals surface area contributed by atoms with E-state index in [1.807, 2.05) is 0 Å². The van der Waals surface area contributed by atoms with Gasteiger partial charge < -0.3 is 22.3 Å². The van der Waals surface area contributed by atoms with E-state index in [9.17, 15) is 4.79 Å². The van der Waals surface area contributed by atoms with E-state index in [1.54, 1.807) is 0 Å². The molecule has 0 aliphatic heterocycles. The lowest BCUT2D eigenvalue weighted by molar-refractivity contribution is -0.137. The summed E-state index contributed by atoms with van der Waals surface area (Å²) in [4.78, 5) is 10.2. The van der Waals surface area contributed by atoms with Gasteiger partial charge in [-0.05, 0) is 27.6 Å². The van der Waals surface area contributed by atoms with Gasteiger partial charge in [0.25, 0.3) is 0 Å². The van der Waals surface area contributed by atoms with Crippen LogP contribution in [0.25, 0.3) is 0 Å². The molecule has 0 saturated carbocycles. The minimum atomic E-state index is -0.658. The summed E-state index contributed by atoms with van der Waals surface area (Å²) in [6.07, 6.45) is 12.9. The van der Waals surface area contributed by atoms with Gasteiger partial charge in [0, 0.05) is 6.42 Å². The fraction of sp³-hybridized carbons (Fsp3) is 0.938. The highest BCUT2D eigenvalue weighted by molar-refractivity contribution is 5.66. The van der Waals surface area contributed by atoms with E-state index in [1.165, 1.54) is 72.5 Å². The standard InChI is InChI=1S/C13H26O2.3CH5N/c1-2-3-4-5-6-7-8-9-10-11-12-13(14)15;3*1-2/h2-12H2,1H3,(H,14,15);3*2H2,1H3. The quantitative estimate of drug-likeness (QED) is 0.438. The zero-order valence-electron chi connectivity index (χ0n) is 14.9. The maximum absolute atomic E-state index is 10.2. The molecule has 0 aliphatic rings. The van der Waals surface area contributed by atoms with Gasteiger partial charge in [0.2, 0.25) is 0 Å². The van der Waals surface area contributed by atoms with E-state index >= 15 is 0 Å². The molecule has 5 heteroatoms. The van der Waals surface area contributed by atoms with Gasteiger partial charge in [-0.1, -0.05) is 64.7 Å². The van der Waals surface area contributed by atoms with E-state index in [4.69, 9.17) is 5.11 Å². The third kappa shape index (κ3) is 45.2. The number of nitrogens with two attached hydrogens (primary N) is 3. The first-order valence-corrected chi connectivity index (χ1v) is 8.22. The molecule has 0 atom stereocenters. The van der Waals surface area contributed by atoms with Crippen molar-refractivity contribution in [3.8, 4) is 0 Å². The number of carboxylic acids is 1. The van der Waals surface area contributed by atoms with Crippen LogP contribution >= 0.6 is 0 Å². The Balaban J connectivity index is -0.000000212. The van der Waals surface area contributed by atoms with Crippen molar-refractivity contribution in [2.45, 2.75) is 77.6 Å². The zero-order valence-corrected chi connectivity index (χ0v) is 14.9. The number of aliphatic carboxylic acids is 1. The lowest BCUT2D eigenvalue weighted by Gasteiger charge is -2.01. The number of rotatable bonds is 11. The minimum absolute atomic E-state index is 0.344. The summed E-state index contributed by atoms with van der Waals surface area (Å²) in [6, 6.07) is 0. The average molecular weight is 308 g/mol. The summed E-state index contributed by atoms with van der Waals surface area (Å²) in [6.45, 7) is 2.24. The molecule has 0 aromatic rings. The van der Waals surface area contributed by atoms with Crippen LogP contribution in [0.5, 0.6) is 0 Å². The molecule has 0 bridgehead atoms. The lowest BCUT2D eigenvalue weighted by atomic mass is 10.1. The third-order valence-corrected chi connectivity index (χ3v) is 2.74. The van der Waals surface area contributed by atoms with Crippen LogP contribution in [0.2, 0.25) is 0 Å². The zero-order chi connectivity index (χ0) is 17.4. The van der Waals surface area contributed by atoms with Crippen LogP contribution in [0, 0.1) is 0 Å². The van der Waals surface area contributed by atoms with Crippen molar-refractivity contribution in [1.29, 1.82) is 0 Å². The van der Waals surface area contributed by atoms with Crippen molar-refractivity contribution in [2.24, 2.45) is 17.2 Å².